The summed E-state index contributed by atoms with van der Waals surface area (Å²) in [5.74, 6) is 0.121. The molecule has 5 nitrogen and oxygen atoms in total. The molecule has 1 fully saturated rings. The Balaban J connectivity index is 1.59. The average Bonchev–Trinajstić information content (AvgIpc) is 2.66. The fourth-order valence-electron chi connectivity index (χ4n) is 4.23. The maximum atomic E-state index is 13.0. The second-order valence-electron chi connectivity index (χ2n) is 7.61. The zero-order valence-electron chi connectivity index (χ0n) is 15.4. The van der Waals surface area contributed by atoms with Gasteiger partial charge in [-0.3, -0.25) is 14.4 Å². The van der Waals surface area contributed by atoms with Crippen LogP contribution in [-0.4, -0.2) is 37.1 Å². The number of quaternary nitrogens is 1. The standard InChI is InChI=1S/C22H22N2O3/c1-14-6-5-11-24(12-14)13-19(25)23-18-10-4-9-17-20(18)22(27)16-8-3-2-7-15(16)21(17)26/h2-4,7-10,14H,5-6,11-13H2,1H3,(H,23,25)/p+1/t14-/m0/s1. The van der Waals surface area contributed by atoms with Crippen molar-refractivity contribution in [3.63, 3.8) is 0 Å². The maximum Gasteiger partial charge on any atom is 0.279 e. The lowest BCUT2D eigenvalue weighted by Crippen LogP contribution is -3.14. The van der Waals surface area contributed by atoms with E-state index in [1.54, 1.807) is 42.5 Å². The molecule has 1 aliphatic carbocycles. The van der Waals surface area contributed by atoms with Crippen molar-refractivity contribution in [3.8, 4) is 0 Å². The van der Waals surface area contributed by atoms with Gasteiger partial charge < -0.3 is 10.2 Å². The molecule has 138 valence electrons. The van der Waals surface area contributed by atoms with Gasteiger partial charge in [0.2, 0.25) is 0 Å². The van der Waals surface area contributed by atoms with Crippen LogP contribution in [0.2, 0.25) is 0 Å². The van der Waals surface area contributed by atoms with E-state index < -0.39 is 0 Å². The topological polar surface area (TPSA) is 67.7 Å². The fraction of sp³-hybridized carbons (Fsp3) is 0.318. The highest BCUT2D eigenvalue weighted by atomic mass is 16.2. The Hall–Kier alpha value is -2.79. The second kappa shape index (κ2) is 7.08. The number of carbonyl (C=O) groups excluding carboxylic acids is 3. The smallest absolute Gasteiger partial charge is 0.279 e. The first-order valence-corrected chi connectivity index (χ1v) is 9.49. The van der Waals surface area contributed by atoms with Gasteiger partial charge in [0.15, 0.2) is 18.1 Å². The van der Waals surface area contributed by atoms with E-state index in [0.717, 1.165) is 19.5 Å². The number of fused-ring (bicyclic) bond motifs is 2. The highest BCUT2D eigenvalue weighted by Gasteiger charge is 2.32. The van der Waals surface area contributed by atoms with Crippen LogP contribution >= 0.6 is 0 Å². The van der Waals surface area contributed by atoms with Crippen LogP contribution in [0.4, 0.5) is 5.69 Å². The van der Waals surface area contributed by atoms with Crippen molar-refractivity contribution >= 4 is 23.2 Å². The molecule has 1 heterocycles. The summed E-state index contributed by atoms with van der Waals surface area (Å²) in [7, 11) is 0. The van der Waals surface area contributed by atoms with Crippen molar-refractivity contribution in [2.24, 2.45) is 5.92 Å². The van der Waals surface area contributed by atoms with Crippen LogP contribution in [0.25, 0.3) is 0 Å². The molecule has 0 bridgehead atoms. The minimum Gasteiger partial charge on any atom is -0.327 e. The Bertz CT molecular complexity index is 935. The molecule has 2 aromatic carbocycles. The summed E-state index contributed by atoms with van der Waals surface area (Å²) in [6, 6.07) is 11.9. The third kappa shape index (κ3) is 3.30. The van der Waals surface area contributed by atoms with Gasteiger partial charge >= 0.3 is 0 Å². The number of hydrogen-bond acceptors (Lipinski definition) is 3. The van der Waals surface area contributed by atoms with E-state index in [9.17, 15) is 14.4 Å². The number of anilines is 1. The number of likely N-dealkylation sites (tertiary alicyclic amines) is 1. The molecule has 4 rings (SSSR count). The lowest BCUT2D eigenvalue weighted by atomic mass is 9.83. The predicted octanol–water partition coefficient (Wildman–Crippen LogP) is 1.72. The summed E-state index contributed by atoms with van der Waals surface area (Å²) >= 11 is 0. The monoisotopic (exact) mass is 363 g/mol. The Kier molecular flexibility index (Phi) is 4.62. The molecule has 1 aliphatic heterocycles. The lowest BCUT2D eigenvalue weighted by molar-refractivity contribution is -0.900. The van der Waals surface area contributed by atoms with Crippen LogP contribution in [-0.2, 0) is 4.79 Å². The van der Waals surface area contributed by atoms with E-state index >= 15 is 0 Å². The van der Waals surface area contributed by atoms with Gasteiger partial charge in [-0.2, -0.15) is 0 Å². The van der Waals surface area contributed by atoms with Crippen LogP contribution in [0.3, 0.4) is 0 Å². The molecule has 27 heavy (non-hydrogen) atoms. The lowest BCUT2D eigenvalue weighted by Gasteiger charge is -2.27. The van der Waals surface area contributed by atoms with Crippen LogP contribution in [0, 0.1) is 5.92 Å². The van der Waals surface area contributed by atoms with Gasteiger partial charge in [-0.1, -0.05) is 43.3 Å². The van der Waals surface area contributed by atoms with E-state index in [0.29, 0.717) is 40.4 Å². The highest BCUT2D eigenvalue weighted by molar-refractivity contribution is 6.30. The molecule has 5 heteroatoms. The zero-order valence-corrected chi connectivity index (χ0v) is 15.4. The Labute approximate surface area is 158 Å². The largest absolute Gasteiger partial charge is 0.327 e. The van der Waals surface area contributed by atoms with E-state index in [1.807, 2.05) is 0 Å². The molecule has 2 atom stereocenters. The molecular weight excluding hydrogens is 340 g/mol. The van der Waals surface area contributed by atoms with Crippen molar-refractivity contribution in [1.29, 1.82) is 0 Å². The minimum atomic E-state index is -0.213. The van der Waals surface area contributed by atoms with Crippen LogP contribution < -0.4 is 10.2 Å². The number of benzene rings is 2. The minimum absolute atomic E-state index is 0.119. The molecular formula is C22H23N2O3+. The quantitative estimate of drug-likeness (QED) is 0.745. The average molecular weight is 363 g/mol. The molecule has 1 unspecified atom stereocenters. The molecule has 0 aromatic heterocycles. The first-order chi connectivity index (χ1) is 13.0. The normalized spacial score (nSPS) is 21.4. The van der Waals surface area contributed by atoms with Crippen molar-refractivity contribution in [2.75, 3.05) is 25.0 Å². The zero-order chi connectivity index (χ0) is 19.0. The van der Waals surface area contributed by atoms with Crippen molar-refractivity contribution in [2.45, 2.75) is 19.8 Å². The second-order valence-corrected chi connectivity index (χ2v) is 7.61. The summed E-state index contributed by atoms with van der Waals surface area (Å²) < 4.78 is 0. The number of piperidine rings is 1. The summed E-state index contributed by atoms with van der Waals surface area (Å²) in [5.41, 5.74) is 1.90. The molecule has 1 saturated heterocycles. The van der Waals surface area contributed by atoms with Gasteiger partial charge in [0.25, 0.3) is 5.91 Å². The Morgan fingerprint density at radius 1 is 1.04 bits per heavy atom. The summed E-state index contributed by atoms with van der Waals surface area (Å²) in [6.07, 6.45) is 2.35. The van der Waals surface area contributed by atoms with Gasteiger partial charge in [0.1, 0.15) is 0 Å². The molecule has 0 spiro atoms. The Morgan fingerprint density at radius 3 is 2.48 bits per heavy atom. The third-order valence-electron chi connectivity index (χ3n) is 5.50. The van der Waals surface area contributed by atoms with Gasteiger partial charge in [-0.15, -0.1) is 0 Å². The SMILES string of the molecule is C[C@H]1CCC[NH+](CC(=O)Nc2cccc3c2C(=O)c2ccccc2C3=O)C1. The first-order valence-electron chi connectivity index (χ1n) is 9.49. The van der Waals surface area contributed by atoms with Gasteiger partial charge in [0.05, 0.1) is 24.3 Å². The number of nitrogens with one attached hydrogen (secondary N) is 2. The number of amides is 1. The summed E-state index contributed by atoms with van der Waals surface area (Å²) in [4.78, 5) is 39.6. The van der Waals surface area contributed by atoms with Gasteiger partial charge in [-0.25, -0.2) is 0 Å². The molecule has 1 amide bonds. The van der Waals surface area contributed by atoms with E-state index in [2.05, 4.69) is 12.2 Å². The molecule has 0 radical (unpaired) electrons. The van der Waals surface area contributed by atoms with E-state index in [4.69, 9.17) is 0 Å². The number of ketones is 2. The Morgan fingerprint density at radius 2 is 1.74 bits per heavy atom. The molecule has 2 N–H and O–H groups in total. The molecule has 2 aliphatic rings. The van der Waals surface area contributed by atoms with Crippen molar-refractivity contribution in [1.82, 2.24) is 0 Å². The van der Waals surface area contributed by atoms with Crippen LogP contribution in [0.1, 0.15) is 51.6 Å². The molecule has 0 saturated carbocycles. The molecule has 2 aromatic rings. The predicted molar refractivity (Wildman–Crippen MR) is 102 cm³/mol. The van der Waals surface area contributed by atoms with Crippen molar-refractivity contribution in [3.05, 3.63) is 64.7 Å². The number of hydrogen-bond donors (Lipinski definition) is 2. The number of carbonyl (C=O) groups is 3. The first kappa shape index (κ1) is 17.6. The van der Waals surface area contributed by atoms with Crippen LogP contribution in [0.5, 0.6) is 0 Å². The fourth-order valence-corrected chi connectivity index (χ4v) is 4.23. The van der Waals surface area contributed by atoms with Gasteiger partial charge in [-0.05, 0) is 18.9 Å². The van der Waals surface area contributed by atoms with E-state index in [1.165, 1.54) is 11.3 Å². The third-order valence-corrected chi connectivity index (χ3v) is 5.50. The van der Waals surface area contributed by atoms with Gasteiger partial charge in [0, 0.05) is 22.6 Å². The summed E-state index contributed by atoms with van der Waals surface area (Å²) in [5, 5.41) is 2.88. The van der Waals surface area contributed by atoms with Crippen LogP contribution in [0.15, 0.2) is 42.5 Å². The number of rotatable bonds is 3. The maximum absolute atomic E-state index is 13.0. The summed E-state index contributed by atoms with van der Waals surface area (Å²) in [6.45, 7) is 4.58. The van der Waals surface area contributed by atoms with Crippen molar-refractivity contribution < 1.29 is 19.3 Å². The van der Waals surface area contributed by atoms with E-state index in [-0.39, 0.29) is 17.5 Å². The highest BCUT2D eigenvalue weighted by Crippen LogP contribution is 2.31.